The third-order valence-corrected chi connectivity index (χ3v) is 12.3. The number of hydrogen-bond acceptors (Lipinski definition) is 9. The second-order valence-corrected chi connectivity index (χ2v) is 21.3. The van der Waals surface area contributed by atoms with Gasteiger partial charge in [-0.15, -0.1) is 5.10 Å². The average Bonchev–Trinajstić information content (AvgIpc) is 3.72. The van der Waals surface area contributed by atoms with Crippen molar-refractivity contribution in [1.82, 2.24) is 29.0 Å². The SMILES string of the molecule is C[Si](C)(C)CCOCn1nc(S(=O)(=O)N2CC3(CCN(CCCO)C3)C2)nc1Oc1c(-c2ccnc(F)c2)ccc2c1CCC2. The van der Waals surface area contributed by atoms with Crippen molar-refractivity contribution in [3.8, 4) is 22.9 Å². The molecule has 2 aliphatic heterocycles. The van der Waals surface area contributed by atoms with Gasteiger partial charge in [0.1, 0.15) is 12.5 Å². The molecule has 1 aromatic carbocycles. The lowest BCUT2D eigenvalue weighted by molar-refractivity contribution is 0.0711. The van der Waals surface area contributed by atoms with E-state index in [0.717, 1.165) is 62.5 Å². The van der Waals surface area contributed by atoms with Crippen molar-refractivity contribution in [2.45, 2.75) is 69.7 Å². The summed E-state index contributed by atoms with van der Waals surface area (Å²) in [5.41, 5.74) is 3.34. The van der Waals surface area contributed by atoms with E-state index in [4.69, 9.17) is 9.47 Å². The number of rotatable bonds is 13. The molecule has 0 saturated carbocycles. The molecule has 0 amide bonds. The summed E-state index contributed by atoms with van der Waals surface area (Å²) in [4.78, 5) is 10.4. The molecular formula is C31H43FN6O5SSi. The van der Waals surface area contributed by atoms with Crippen molar-refractivity contribution in [3.05, 3.63) is 47.5 Å². The molecule has 1 aliphatic carbocycles. The van der Waals surface area contributed by atoms with E-state index < -0.39 is 24.0 Å². The van der Waals surface area contributed by atoms with Gasteiger partial charge in [0.15, 0.2) is 0 Å². The van der Waals surface area contributed by atoms with Gasteiger partial charge in [-0.25, -0.2) is 13.4 Å². The number of pyridine rings is 1. The van der Waals surface area contributed by atoms with Gasteiger partial charge in [0, 0.05) is 70.7 Å². The largest absolute Gasteiger partial charge is 0.423 e. The predicted octanol–water partition coefficient (Wildman–Crippen LogP) is 4.15. The second-order valence-electron chi connectivity index (χ2n) is 13.8. The molecule has 3 aliphatic rings. The lowest BCUT2D eigenvalue weighted by Crippen LogP contribution is -2.59. The third kappa shape index (κ3) is 7.00. The smallest absolute Gasteiger partial charge is 0.323 e. The average molecular weight is 659 g/mol. The first-order valence-electron chi connectivity index (χ1n) is 15.8. The lowest BCUT2D eigenvalue weighted by Gasteiger charge is -2.46. The molecule has 3 aromatic rings. The Kier molecular flexibility index (Phi) is 9.16. The Hall–Kier alpha value is -2.75. The first-order chi connectivity index (χ1) is 21.5. The zero-order valence-electron chi connectivity index (χ0n) is 26.3. The van der Waals surface area contributed by atoms with E-state index >= 15 is 0 Å². The van der Waals surface area contributed by atoms with Crippen LogP contribution in [0, 0.1) is 11.4 Å². The van der Waals surface area contributed by atoms with Crippen LogP contribution in [0.5, 0.6) is 11.8 Å². The quantitative estimate of drug-likeness (QED) is 0.164. The number of benzene rings is 1. The minimum Gasteiger partial charge on any atom is -0.423 e. The molecule has 2 saturated heterocycles. The van der Waals surface area contributed by atoms with Crippen molar-refractivity contribution in [3.63, 3.8) is 0 Å². The van der Waals surface area contributed by atoms with E-state index in [-0.39, 0.29) is 29.9 Å². The van der Waals surface area contributed by atoms with Gasteiger partial charge in [0.2, 0.25) is 5.95 Å². The first-order valence-corrected chi connectivity index (χ1v) is 20.9. The zero-order chi connectivity index (χ0) is 31.8. The third-order valence-electron chi connectivity index (χ3n) is 9.03. The fourth-order valence-electron chi connectivity index (χ4n) is 6.50. The van der Waals surface area contributed by atoms with E-state index in [9.17, 15) is 17.9 Å². The number of halogens is 1. The van der Waals surface area contributed by atoms with Gasteiger partial charge in [-0.2, -0.15) is 18.4 Å². The lowest BCUT2D eigenvalue weighted by atomic mass is 9.81. The summed E-state index contributed by atoms with van der Waals surface area (Å²) >= 11 is 0. The maximum atomic E-state index is 14.2. The van der Waals surface area contributed by atoms with Crippen LogP contribution >= 0.6 is 0 Å². The number of aliphatic hydroxyl groups excluding tert-OH is 1. The number of ether oxygens (including phenoxy) is 2. The molecule has 2 aromatic heterocycles. The van der Waals surface area contributed by atoms with Gasteiger partial charge < -0.3 is 19.5 Å². The first kappa shape index (κ1) is 32.2. The Morgan fingerprint density at radius 2 is 1.96 bits per heavy atom. The van der Waals surface area contributed by atoms with E-state index in [0.29, 0.717) is 43.0 Å². The van der Waals surface area contributed by atoms with Gasteiger partial charge in [-0.1, -0.05) is 31.8 Å². The Morgan fingerprint density at radius 1 is 1.13 bits per heavy atom. The Labute approximate surface area is 265 Å². The summed E-state index contributed by atoms with van der Waals surface area (Å²) < 4.78 is 57.1. The molecule has 0 unspecified atom stereocenters. The monoisotopic (exact) mass is 658 g/mol. The van der Waals surface area contributed by atoms with Gasteiger partial charge in [-0.05, 0) is 67.4 Å². The number of nitrogens with zero attached hydrogens (tertiary/aromatic N) is 6. The minimum atomic E-state index is -3.98. The molecular weight excluding hydrogens is 616 g/mol. The predicted molar refractivity (Wildman–Crippen MR) is 170 cm³/mol. The number of aromatic nitrogens is 4. The summed E-state index contributed by atoms with van der Waals surface area (Å²) in [6.45, 7) is 10.8. The molecule has 1 spiro atoms. The molecule has 0 atom stereocenters. The van der Waals surface area contributed by atoms with E-state index in [1.165, 1.54) is 21.3 Å². The standard InChI is InChI=1S/C31H43FN6O5SSi/c1-45(2,3)17-16-42-22-38-30(43-28-25-7-4-6-23(25)8-9-26(28)24-10-12-33-27(32)18-24)34-29(35-38)44(40,41)37-20-31(21-37)11-14-36(19-31)13-5-15-39/h8-10,12,18,39H,4-7,11,13-17,19-22H2,1-3H3. The Morgan fingerprint density at radius 3 is 2.71 bits per heavy atom. The molecule has 11 nitrogen and oxygen atoms in total. The van der Waals surface area contributed by atoms with Gasteiger partial charge >= 0.3 is 6.01 Å². The van der Waals surface area contributed by atoms with Gasteiger partial charge in [0.05, 0.1) is 0 Å². The molecule has 0 bridgehead atoms. The van der Waals surface area contributed by atoms with Crippen LogP contribution < -0.4 is 4.74 Å². The van der Waals surface area contributed by atoms with Crippen molar-refractivity contribution in [2.75, 3.05) is 45.9 Å². The fourth-order valence-corrected chi connectivity index (χ4v) is 8.77. The zero-order valence-corrected chi connectivity index (χ0v) is 28.2. The molecule has 1 N–H and O–H groups in total. The van der Waals surface area contributed by atoms with Gasteiger partial charge in [0.25, 0.3) is 15.2 Å². The Bertz CT molecular complexity index is 1640. The molecule has 6 rings (SSSR count). The van der Waals surface area contributed by atoms with Gasteiger partial charge in [-0.3, -0.25) is 0 Å². The van der Waals surface area contributed by atoms with Crippen molar-refractivity contribution in [1.29, 1.82) is 0 Å². The molecule has 4 heterocycles. The molecule has 0 radical (unpaired) electrons. The molecule has 14 heteroatoms. The van der Waals surface area contributed by atoms with Crippen molar-refractivity contribution < 1.29 is 27.4 Å². The number of aryl methyl sites for hydroxylation is 1. The van der Waals surface area contributed by atoms with Crippen molar-refractivity contribution in [2.24, 2.45) is 5.41 Å². The van der Waals surface area contributed by atoms with Crippen LogP contribution in [0.4, 0.5) is 4.39 Å². The normalized spacial score (nSPS) is 18.4. The second kappa shape index (κ2) is 12.8. The number of sulfonamides is 1. The van der Waals surface area contributed by atoms with E-state index in [1.807, 2.05) is 12.1 Å². The highest BCUT2D eigenvalue weighted by molar-refractivity contribution is 7.89. The number of hydrogen-bond donors (Lipinski definition) is 1. The van der Waals surface area contributed by atoms with Crippen LogP contribution in [0.3, 0.4) is 0 Å². The minimum absolute atomic E-state index is 0.0136. The molecule has 244 valence electrons. The fraction of sp³-hybridized carbons (Fsp3) is 0.581. The van der Waals surface area contributed by atoms with Crippen LogP contribution in [-0.2, 0) is 34.3 Å². The summed E-state index contributed by atoms with van der Waals surface area (Å²) in [5, 5.41) is 13.3. The number of likely N-dealkylation sites (tertiary alicyclic amines) is 1. The Balaban J connectivity index is 1.28. The number of aliphatic hydroxyl groups is 1. The summed E-state index contributed by atoms with van der Waals surface area (Å²) in [6.07, 6.45) is 5.69. The highest BCUT2D eigenvalue weighted by Crippen LogP contribution is 2.43. The van der Waals surface area contributed by atoms with Crippen LogP contribution in [0.25, 0.3) is 11.1 Å². The summed E-state index contributed by atoms with van der Waals surface area (Å²) in [7, 11) is -5.33. The maximum absolute atomic E-state index is 14.2. The van der Waals surface area contributed by atoms with E-state index in [1.54, 1.807) is 6.07 Å². The van der Waals surface area contributed by atoms with Crippen LogP contribution in [0.15, 0.2) is 35.6 Å². The summed E-state index contributed by atoms with van der Waals surface area (Å²) in [6, 6.07) is 7.98. The van der Waals surface area contributed by atoms with E-state index in [2.05, 4.69) is 39.6 Å². The highest BCUT2D eigenvalue weighted by Gasteiger charge is 2.52. The van der Waals surface area contributed by atoms with Crippen molar-refractivity contribution >= 4 is 18.1 Å². The van der Waals surface area contributed by atoms with Crippen LogP contribution in [0.2, 0.25) is 25.7 Å². The number of fused-ring (bicyclic) bond motifs is 1. The topological polar surface area (TPSA) is 123 Å². The molecule has 45 heavy (non-hydrogen) atoms. The highest BCUT2D eigenvalue weighted by atomic mass is 32.2. The maximum Gasteiger partial charge on any atom is 0.323 e. The van der Waals surface area contributed by atoms with Crippen LogP contribution in [-0.4, -0.2) is 96.5 Å². The van der Waals surface area contributed by atoms with Crippen LogP contribution in [0.1, 0.15) is 30.4 Å². The summed E-state index contributed by atoms with van der Waals surface area (Å²) in [5.74, 6) is -0.0791. The molecule has 2 fully saturated rings.